The smallest absolute Gasteiger partial charge is 0.0321 e. The summed E-state index contributed by atoms with van der Waals surface area (Å²) in [5.74, 6) is 1.02. The largest absolute Gasteiger partial charge is 0.313 e. The summed E-state index contributed by atoms with van der Waals surface area (Å²) >= 11 is 0. The summed E-state index contributed by atoms with van der Waals surface area (Å²) in [4.78, 5) is 4.14. The Morgan fingerprint density at radius 3 is 2.93 bits per heavy atom. The van der Waals surface area contributed by atoms with E-state index in [1.165, 1.54) is 36.8 Å². The standard InChI is InChI=1S/C13H20N2/c1-10-9-15-8-7-12(10)13(14-2)6-5-11-3-4-11/h7-9,11,13-14H,3-6H2,1-2H3. The summed E-state index contributed by atoms with van der Waals surface area (Å²) in [6, 6.07) is 2.65. The van der Waals surface area contributed by atoms with Crippen LogP contribution in [-0.2, 0) is 0 Å². The zero-order valence-corrected chi connectivity index (χ0v) is 9.66. The molecule has 2 nitrogen and oxygen atoms in total. The summed E-state index contributed by atoms with van der Waals surface area (Å²) < 4.78 is 0. The molecule has 82 valence electrons. The van der Waals surface area contributed by atoms with Crippen LogP contribution in [-0.4, -0.2) is 12.0 Å². The van der Waals surface area contributed by atoms with Gasteiger partial charge in [0.2, 0.25) is 0 Å². The number of aromatic nitrogens is 1. The van der Waals surface area contributed by atoms with Crippen molar-refractivity contribution >= 4 is 0 Å². The van der Waals surface area contributed by atoms with Crippen molar-refractivity contribution in [3.05, 3.63) is 29.6 Å². The lowest BCUT2D eigenvalue weighted by atomic mass is 9.98. The fourth-order valence-corrected chi connectivity index (χ4v) is 2.14. The fourth-order valence-electron chi connectivity index (χ4n) is 2.14. The van der Waals surface area contributed by atoms with Crippen LogP contribution in [0.4, 0.5) is 0 Å². The molecular weight excluding hydrogens is 184 g/mol. The molecule has 1 N–H and O–H groups in total. The van der Waals surface area contributed by atoms with E-state index in [4.69, 9.17) is 0 Å². The lowest BCUT2D eigenvalue weighted by Gasteiger charge is -2.18. The Hall–Kier alpha value is -0.890. The second-order valence-corrected chi connectivity index (χ2v) is 4.59. The van der Waals surface area contributed by atoms with Gasteiger partial charge in [0.15, 0.2) is 0 Å². The predicted molar refractivity (Wildman–Crippen MR) is 62.7 cm³/mol. The highest BCUT2D eigenvalue weighted by atomic mass is 14.9. The summed E-state index contributed by atoms with van der Waals surface area (Å²) in [6.45, 7) is 2.14. The highest BCUT2D eigenvalue weighted by Gasteiger charge is 2.22. The molecule has 2 rings (SSSR count). The van der Waals surface area contributed by atoms with Gasteiger partial charge in [0.05, 0.1) is 0 Å². The molecule has 1 aromatic rings. The first-order valence-corrected chi connectivity index (χ1v) is 5.89. The van der Waals surface area contributed by atoms with Gasteiger partial charge in [-0.3, -0.25) is 4.98 Å². The van der Waals surface area contributed by atoms with E-state index in [-0.39, 0.29) is 0 Å². The molecule has 2 heteroatoms. The Bertz CT molecular complexity index is 318. The monoisotopic (exact) mass is 204 g/mol. The molecule has 0 aliphatic heterocycles. The predicted octanol–water partition coefficient (Wildman–Crippen LogP) is 2.84. The summed E-state index contributed by atoms with van der Waals surface area (Å²) in [6.07, 6.45) is 9.37. The first-order chi connectivity index (χ1) is 7.31. The molecule has 1 saturated carbocycles. The molecule has 1 aliphatic carbocycles. The van der Waals surface area contributed by atoms with E-state index in [2.05, 4.69) is 30.3 Å². The molecule has 0 spiro atoms. The van der Waals surface area contributed by atoms with Crippen LogP contribution < -0.4 is 5.32 Å². The van der Waals surface area contributed by atoms with Crippen molar-refractivity contribution < 1.29 is 0 Å². The van der Waals surface area contributed by atoms with Gasteiger partial charge >= 0.3 is 0 Å². The van der Waals surface area contributed by atoms with Crippen molar-refractivity contribution in [3.63, 3.8) is 0 Å². The van der Waals surface area contributed by atoms with Gasteiger partial charge in [0.25, 0.3) is 0 Å². The van der Waals surface area contributed by atoms with E-state index >= 15 is 0 Å². The van der Waals surface area contributed by atoms with Crippen LogP contribution in [0.3, 0.4) is 0 Å². The summed E-state index contributed by atoms with van der Waals surface area (Å²) in [5, 5.41) is 3.41. The molecule has 1 atom stereocenters. The first-order valence-electron chi connectivity index (χ1n) is 5.89. The van der Waals surface area contributed by atoms with Gasteiger partial charge in [0.1, 0.15) is 0 Å². The van der Waals surface area contributed by atoms with E-state index in [1.807, 2.05) is 12.4 Å². The van der Waals surface area contributed by atoms with Crippen molar-refractivity contribution in [1.82, 2.24) is 10.3 Å². The zero-order valence-electron chi connectivity index (χ0n) is 9.66. The number of pyridine rings is 1. The lowest BCUT2D eigenvalue weighted by molar-refractivity contribution is 0.504. The van der Waals surface area contributed by atoms with Crippen LogP contribution >= 0.6 is 0 Å². The molecule has 0 amide bonds. The summed E-state index contributed by atoms with van der Waals surface area (Å²) in [5.41, 5.74) is 2.71. The number of nitrogens with zero attached hydrogens (tertiary/aromatic N) is 1. The van der Waals surface area contributed by atoms with Gasteiger partial charge in [0, 0.05) is 18.4 Å². The Morgan fingerprint density at radius 1 is 1.53 bits per heavy atom. The molecule has 0 radical (unpaired) electrons. The zero-order chi connectivity index (χ0) is 10.7. The number of hydrogen-bond donors (Lipinski definition) is 1. The number of aryl methyl sites for hydroxylation is 1. The normalized spacial score (nSPS) is 17.7. The average Bonchev–Trinajstić information content (AvgIpc) is 3.05. The highest BCUT2D eigenvalue weighted by Crippen LogP contribution is 2.36. The lowest BCUT2D eigenvalue weighted by Crippen LogP contribution is -2.17. The number of nitrogens with one attached hydrogen (secondary N) is 1. The van der Waals surface area contributed by atoms with Gasteiger partial charge in [-0.1, -0.05) is 12.8 Å². The molecule has 0 saturated heterocycles. The minimum absolute atomic E-state index is 0.508. The maximum absolute atomic E-state index is 4.14. The van der Waals surface area contributed by atoms with Crippen molar-refractivity contribution in [2.24, 2.45) is 5.92 Å². The molecule has 0 aromatic carbocycles. The topological polar surface area (TPSA) is 24.9 Å². The number of rotatable bonds is 5. The molecule has 1 aliphatic rings. The van der Waals surface area contributed by atoms with Gasteiger partial charge in [-0.25, -0.2) is 0 Å². The molecule has 1 heterocycles. The van der Waals surface area contributed by atoms with Gasteiger partial charge in [-0.2, -0.15) is 0 Å². The van der Waals surface area contributed by atoms with Crippen LogP contribution in [0.2, 0.25) is 0 Å². The first kappa shape index (κ1) is 10.6. The van der Waals surface area contributed by atoms with Crippen LogP contribution in [0.5, 0.6) is 0 Å². The third-order valence-corrected chi connectivity index (χ3v) is 3.35. The van der Waals surface area contributed by atoms with E-state index in [1.54, 1.807) is 0 Å². The van der Waals surface area contributed by atoms with Crippen molar-refractivity contribution in [2.75, 3.05) is 7.05 Å². The molecule has 0 bridgehead atoms. The highest BCUT2D eigenvalue weighted by molar-refractivity contribution is 5.25. The minimum Gasteiger partial charge on any atom is -0.313 e. The minimum atomic E-state index is 0.508. The molecular formula is C13H20N2. The molecule has 1 fully saturated rings. The van der Waals surface area contributed by atoms with Crippen LogP contribution in [0, 0.1) is 12.8 Å². The van der Waals surface area contributed by atoms with Crippen molar-refractivity contribution in [3.8, 4) is 0 Å². The van der Waals surface area contributed by atoms with E-state index in [0.29, 0.717) is 6.04 Å². The van der Waals surface area contributed by atoms with Gasteiger partial charge in [-0.05, 0) is 49.9 Å². The van der Waals surface area contributed by atoms with Gasteiger partial charge in [-0.15, -0.1) is 0 Å². The Balaban J connectivity index is 2.00. The van der Waals surface area contributed by atoms with E-state index < -0.39 is 0 Å². The average molecular weight is 204 g/mol. The van der Waals surface area contributed by atoms with E-state index in [9.17, 15) is 0 Å². The second kappa shape index (κ2) is 4.75. The Kier molecular flexibility index (Phi) is 3.37. The van der Waals surface area contributed by atoms with Crippen LogP contribution in [0.15, 0.2) is 18.5 Å². The SMILES string of the molecule is CNC(CCC1CC1)c1ccncc1C. The third kappa shape index (κ3) is 2.78. The Morgan fingerprint density at radius 2 is 2.33 bits per heavy atom. The molecule has 1 aromatic heterocycles. The molecule has 15 heavy (non-hydrogen) atoms. The van der Waals surface area contributed by atoms with Gasteiger partial charge < -0.3 is 5.32 Å². The van der Waals surface area contributed by atoms with Crippen molar-refractivity contribution in [1.29, 1.82) is 0 Å². The number of hydrogen-bond acceptors (Lipinski definition) is 2. The Labute approximate surface area is 92.1 Å². The summed E-state index contributed by atoms with van der Waals surface area (Å²) in [7, 11) is 2.05. The maximum Gasteiger partial charge on any atom is 0.0321 e. The van der Waals surface area contributed by atoms with Crippen LogP contribution in [0.1, 0.15) is 42.9 Å². The second-order valence-electron chi connectivity index (χ2n) is 4.59. The third-order valence-electron chi connectivity index (χ3n) is 3.35. The fraction of sp³-hybridized carbons (Fsp3) is 0.615. The van der Waals surface area contributed by atoms with E-state index in [0.717, 1.165) is 5.92 Å². The maximum atomic E-state index is 4.14. The van der Waals surface area contributed by atoms with Crippen LogP contribution in [0.25, 0.3) is 0 Å². The van der Waals surface area contributed by atoms with Crippen molar-refractivity contribution in [2.45, 2.75) is 38.6 Å². The quantitative estimate of drug-likeness (QED) is 0.797. The molecule has 1 unspecified atom stereocenters.